The van der Waals surface area contributed by atoms with Crippen LogP contribution in [0.25, 0.3) is 27.2 Å². The summed E-state index contributed by atoms with van der Waals surface area (Å²) in [4.78, 5) is 13.4. The fourth-order valence-corrected chi connectivity index (χ4v) is 3.76. The molecular weight excluding hydrogens is 306 g/mol. The quantitative estimate of drug-likeness (QED) is 0.493. The van der Waals surface area contributed by atoms with Gasteiger partial charge >= 0.3 is 0 Å². The average molecular weight is 327 g/mol. The standard InChI is InChI=1S/C23H21NO/c1-3-9-21-16(2)18-12-6-7-14-20(18)23(25)24(21)22-15-8-11-17-10-4-5-13-19(17)22/h4-8,10-15H,3,9H2,1-2H3. The number of aromatic nitrogens is 1. The molecule has 0 spiro atoms. The molecule has 0 saturated carbocycles. The number of nitrogens with zero attached hydrogens (tertiary/aromatic N) is 1. The number of rotatable bonds is 3. The van der Waals surface area contributed by atoms with Crippen LogP contribution in [0, 0.1) is 6.92 Å². The molecule has 25 heavy (non-hydrogen) atoms. The van der Waals surface area contributed by atoms with Crippen LogP contribution in [0.5, 0.6) is 0 Å². The molecule has 0 aliphatic rings. The van der Waals surface area contributed by atoms with Gasteiger partial charge in [-0.25, -0.2) is 0 Å². The van der Waals surface area contributed by atoms with Crippen LogP contribution in [0.15, 0.2) is 71.5 Å². The van der Waals surface area contributed by atoms with Crippen molar-refractivity contribution in [2.75, 3.05) is 0 Å². The van der Waals surface area contributed by atoms with Crippen molar-refractivity contribution in [2.24, 2.45) is 0 Å². The molecule has 0 N–H and O–H groups in total. The molecule has 0 unspecified atom stereocenters. The second-order valence-electron chi connectivity index (χ2n) is 6.51. The zero-order valence-corrected chi connectivity index (χ0v) is 14.6. The Hall–Kier alpha value is -2.87. The van der Waals surface area contributed by atoms with Crippen molar-refractivity contribution >= 4 is 21.5 Å². The summed E-state index contributed by atoms with van der Waals surface area (Å²) in [5, 5.41) is 4.11. The molecule has 0 bridgehead atoms. The SMILES string of the molecule is CCCc1c(C)c2ccccc2c(=O)n1-c1cccc2ccccc12. The first-order valence-electron chi connectivity index (χ1n) is 8.83. The summed E-state index contributed by atoms with van der Waals surface area (Å²) in [6, 6.07) is 22.4. The summed E-state index contributed by atoms with van der Waals surface area (Å²) in [5.41, 5.74) is 3.36. The molecule has 0 saturated heterocycles. The van der Waals surface area contributed by atoms with E-state index in [0.717, 1.165) is 45.8 Å². The third-order valence-electron chi connectivity index (χ3n) is 4.96. The lowest BCUT2D eigenvalue weighted by Gasteiger charge is -2.19. The highest BCUT2D eigenvalue weighted by Gasteiger charge is 2.16. The van der Waals surface area contributed by atoms with Gasteiger partial charge in [-0.1, -0.05) is 67.9 Å². The molecule has 4 aromatic rings. The minimum atomic E-state index is 0.0704. The lowest BCUT2D eigenvalue weighted by Crippen LogP contribution is -2.24. The van der Waals surface area contributed by atoms with Gasteiger partial charge in [-0.05, 0) is 41.8 Å². The summed E-state index contributed by atoms with van der Waals surface area (Å²) in [6.07, 6.45) is 1.89. The summed E-state index contributed by atoms with van der Waals surface area (Å²) in [6.45, 7) is 4.29. The Morgan fingerprint density at radius 2 is 1.44 bits per heavy atom. The fraction of sp³-hybridized carbons (Fsp3) is 0.174. The number of pyridine rings is 1. The van der Waals surface area contributed by atoms with E-state index in [4.69, 9.17) is 0 Å². The molecule has 3 aromatic carbocycles. The van der Waals surface area contributed by atoms with Gasteiger partial charge in [-0.3, -0.25) is 9.36 Å². The van der Waals surface area contributed by atoms with E-state index in [2.05, 4.69) is 44.2 Å². The molecule has 0 fully saturated rings. The van der Waals surface area contributed by atoms with Crippen LogP contribution < -0.4 is 5.56 Å². The number of benzene rings is 3. The Kier molecular flexibility index (Phi) is 3.89. The molecule has 2 heteroatoms. The molecule has 0 atom stereocenters. The molecule has 0 aliphatic heterocycles. The zero-order valence-electron chi connectivity index (χ0n) is 14.6. The van der Waals surface area contributed by atoms with Crippen molar-refractivity contribution in [1.29, 1.82) is 0 Å². The van der Waals surface area contributed by atoms with Crippen LogP contribution in [0.4, 0.5) is 0 Å². The number of hydrogen-bond donors (Lipinski definition) is 0. The minimum absolute atomic E-state index is 0.0704. The van der Waals surface area contributed by atoms with Crippen LogP contribution in [0.1, 0.15) is 24.6 Å². The summed E-state index contributed by atoms with van der Waals surface area (Å²) < 4.78 is 1.93. The smallest absolute Gasteiger partial charge is 0.263 e. The first kappa shape index (κ1) is 15.6. The Morgan fingerprint density at radius 1 is 0.800 bits per heavy atom. The van der Waals surface area contributed by atoms with Crippen LogP contribution in [0.2, 0.25) is 0 Å². The Bertz CT molecular complexity index is 1130. The van der Waals surface area contributed by atoms with E-state index < -0.39 is 0 Å². The van der Waals surface area contributed by atoms with Crippen LogP contribution in [-0.2, 0) is 6.42 Å². The maximum atomic E-state index is 13.4. The van der Waals surface area contributed by atoms with Gasteiger partial charge in [0, 0.05) is 16.5 Å². The molecule has 0 radical (unpaired) electrons. The van der Waals surface area contributed by atoms with Gasteiger partial charge < -0.3 is 0 Å². The molecular formula is C23H21NO. The number of hydrogen-bond acceptors (Lipinski definition) is 1. The maximum Gasteiger partial charge on any atom is 0.263 e. The lowest BCUT2D eigenvalue weighted by atomic mass is 10.0. The molecule has 1 aromatic heterocycles. The van der Waals surface area contributed by atoms with E-state index in [9.17, 15) is 4.79 Å². The average Bonchev–Trinajstić information content (AvgIpc) is 2.66. The number of fused-ring (bicyclic) bond motifs is 2. The van der Waals surface area contributed by atoms with Gasteiger partial charge in [0.2, 0.25) is 0 Å². The summed E-state index contributed by atoms with van der Waals surface area (Å²) in [7, 11) is 0. The molecule has 124 valence electrons. The van der Waals surface area contributed by atoms with Crippen molar-refractivity contribution in [3.05, 3.63) is 88.3 Å². The Labute approximate surface area is 147 Å². The topological polar surface area (TPSA) is 22.0 Å². The van der Waals surface area contributed by atoms with Gasteiger partial charge in [-0.2, -0.15) is 0 Å². The summed E-state index contributed by atoms with van der Waals surface area (Å²) in [5.74, 6) is 0. The van der Waals surface area contributed by atoms with Crippen LogP contribution in [0.3, 0.4) is 0 Å². The second-order valence-corrected chi connectivity index (χ2v) is 6.51. The highest BCUT2D eigenvalue weighted by atomic mass is 16.1. The minimum Gasteiger partial charge on any atom is -0.280 e. The molecule has 4 rings (SSSR count). The van der Waals surface area contributed by atoms with Gasteiger partial charge in [0.15, 0.2) is 0 Å². The maximum absolute atomic E-state index is 13.4. The van der Waals surface area contributed by atoms with E-state index in [1.54, 1.807) is 0 Å². The predicted molar refractivity (Wildman–Crippen MR) is 106 cm³/mol. The lowest BCUT2D eigenvalue weighted by molar-refractivity contribution is 0.810. The van der Waals surface area contributed by atoms with Crippen molar-refractivity contribution in [2.45, 2.75) is 26.7 Å². The van der Waals surface area contributed by atoms with Gasteiger partial charge in [0.05, 0.1) is 5.69 Å². The molecule has 1 heterocycles. The highest BCUT2D eigenvalue weighted by molar-refractivity contribution is 5.92. The third kappa shape index (κ3) is 2.45. The van der Waals surface area contributed by atoms with Gasteiger partial charge in [0.25, 0.3) is 5.56 Å². The van der Waals surface area contributed by atoms with Crippen LogP contribution in [-0.4, -0.2) is 4.57 Å². The normalized spacial score (nSPS) is 11.3. The molecule has 2 nitrogen and oxygen atoms in total. The van der Waals surface area contributed by atoms with Gasteiger partial charge in [0.1, 0.15) is 0 Å². The van der Waals surface area contributed by atoms with Crippen molar-refractivity contribution in [3.8, 4) is 5.69 Å². The second kappa shape index (κ2) is 6.21. The highest BCUT2D eigenvalue weighted by Crippen LogP contribution is 2.27. The van der Waals surface area contributed by atoms with E-state index in [1.807, 2.05) is 41.0 Å². The first-order chi connectivity index (χ1) is 12.2. The zero-order chi connectivity index (χ0) is 17.4. The Morgan fingerprint density at radius 3 is 2.20 bits per heavy atom. The largest absolute Gasteiger partial charge is 0.280 e. The van der Waals surface area contributed by atoms with E-state index in [-0.39, 0.29) is 5.56 Å². The predicted octanol–water partition coefficient (Wildman–Crippen LogP) is 5.40. The first-order valence-corrected chi connectivity index (χ1v) is 8.83. The molecule has 0 amide bonds. The third-order valence-corrected chi connectivity index (χ3v) is 4.96. The van der Waals surface area contributed by atoms with Crippen molar-refractivity contribution in [1.82, 2.24) is 4.57 Å². The van der Waals surface area contributed by atoms with E-state index in [1.165, 1.54) is 5.56 Å². The molecule has 0 aliphatic carbocycles. The Balaban J connectivity index is 2.18. The van der Waals surface area contributed by atoms with E-state index in [0.29, 0.717) is 0 Å². The van der Waals surface area contributed by atoms with Crippen LogP contribution >= 0.6 is 0 Å². The van der Waals surface area contributed by atoms with Gasteiger partial charge in [-0.15, -0.1) is 0 Å². The fourth-order valence-electron chi connectivity index (χ4n) is 3.76. The van der Waals surface area contributed by atoms with Crippen molar-refractivity contribution < 1.29 is 0 Å². The van der Waals surface area contributed by atoms with E-state index >= 15 is 0 Å². The summed E-state index contributed by atoms with van der Waals surface area (Å²) >= 11 is 0. The number of aryl methyl sites for hydroxylation is 1. The monoisotopic (exact) mass is 327 g/mol. The van der Waals surface area contributed by atoms with Crippen molar-refractivity contribution in [3.63, 3.8) is 0 Å².